The summed E-state index contributed by atoms with van der Waals surface area (Å²) in [6, 6.07) is 3.21. The van der Waals surface area contributed by atoms with E-state index < -0.39 is 17.6 Å². The Labute approximate surface area is 117 Å². The number of aryl methyl sites for hydroxylation is 1. The summed E-state index contributed by atoms with van der Waals surface area (Å²) in [4.78, 5) is 13.0. The molecule has 2 rings (SSSR count). The van der Waals surface area contributed by atoms with Crippen LogP contribution in [0.5, 0.6) is 0 Å². The summed E-state index contributed by atoms with van der Waals surface area (Å²) >= 11 is 0. The van der Waals surface area contributed by atoms with Gasteiger partial charge in [-0.05, 0) is 23.4 Å². The zero-order chi connectivity index (χ0) is 15.6. The Kier molecular flexibility index (Phi) is 3.78. The summed E-state index contributed by atoms with van der Waals surface area (Å²) in [5, 5.41) is 15.4. The van der Waals surface area contributed by atoms with Gasteiger partial charge in [0.05, 0.1) is 12.6 Å². The molecule has 0 aliphatic heterocycles. The maximum absolute atomic E-state index is 12.9. The molecule has 0 atom stereocenters. The first-order valence-electron chi connectivity index (χ1n) is 5.75. The van der Waals surface area contributed by atoms with Gasteiger partial charge < -0.3 is 5.32 Å². The zero-order valence-electron chi connectivity index (χ0n) is 11.1. The van der Waals surface area contributed by atoms with Crippen LogP contribution in [-0.2, 0) is 13.2 Å². The number of nitrogens with zero attached hydrogens (tertiary/aromatic N) is 4. The molecular formula is C11H11F3N6O. The van der Waals surface area contributed by atoms with Crippen molar-refractivity contribution in [3.05, 3.63) is 29.3 Å². The van der Waals surface area contributed by atoms with E-state index in [2.05, 4.69) is 26.0 Å². The van der Waals surface area contributed by atoms with Crippen LogP contribution in [0.3, 0.4) is 0 Å². The largest absolute Gasteiger partial charge is 0.418 e. The van der Waals surface area contributed by atoms with E-state index in [0.717, 1.165) is 10.9 Å². The highest BCUT2D eigenvalue weighted by molar-refractivity contribution is 6.03. The van der Waals surface area contributed by atoms with Crippen LogP contribution in [0.25, 0.3) is 0 Å². The SMILES string of the molecule is CNc1ccc(C(=O)Nc2nnn(C)n2)cc1C(F)(F)F. The molecule has 7 nitrogen and oxygen atoms in total. The van der Waals surface area contributed by atoms with Crippen LogP contribution in [0, 0.1) is 0 Å². The van der Waals surface area contributed by atoms with E-state index in [1.54, 1.807) is 0 Å². The van der Waals surface area contributed by atoms with E-state index in [-0.39, 0.29) is 17.2 Å². The van der Waals surface area contributed by atoms with Crippen LogP contribution in [0.2, 0.25) is 0 Å². The van der Waals surface area contributed by atoms with Crippen LogP contribution in [-0.4, -0.2) is 33.2 Å². The van der Waals surface area contributed by atoms with Gasteiger partial charge in [0.2, 0.25) is 0 Å². The third-order valence-corrected chi connectivity index (χ3v) is 2.59. The van der Waals surface area contributed by atoms with Gasteiger partial charge in [0.15, 0.2) is 0 Å². The summed E-state index contributed by atoms with van der Waals surface area (Å²) in [6.07, 6.45) is -4.57. The molecule has 1 aromatic carbocycles. The molecule has 1 amide bonds. The molecule has 0 spiro atoms. The molecule has 112 valence electrons. The van der Waals surface area contributed by atoms with E-state index in [9.17, 15) is 18.0 Å². The predicted molar refractivity (Wildman–Crippen MR) is 67.7 cm³/mol. The van der Waals surface area contributed by atoms with Gasteiger partial charge in [0.25, 0.3) is 11.9 Å². The fourth-order valence-electron chi connectivity index (χ4n) is 1.65. The van der Waals surface area contributed by atoms with Crippen molar-refractivity contribution < 1.29 is 18.0 Å². The third kappa shape index (κ3) is 3.27. The van der Waals surface area contributed by atoms with Gasteiger partial charge in [-0.2, -0.15) is 18.0 Å². The molecule has 0 radical (unpaired) electrons. The number of anilines is 2. The first-order valence-corrected chi connectivity index (χ1v) is 5.75. The second-order valence-corrected chi connectivity index (χ2v) is 4.06. The highest BCUT2D eigenvalue weighted by atomic mass is 19.4. The molecule has 2 N–H and O–H groups in total. The first-order chi connectivity index (χ1) is 9.81. The number of nitrogens with one attached hydrogen (secondary N) is 2. The summed E-state index contributed by atoms with van der Waals surface area (Å²) in [5.41, 5.74) is -1.20. The Bertz CT molecular complexity index is 666. The van der Waals surface area contributed by atoms with Gasteiger partial charge in [-0.15, -0.1) is 5.10 Å². The number of halogens is 3. The van der Waals surface area contributed by atoms with Gasteiger partial charge in [-0.25, -0.2) is 0 Å². The molecule has 21 heavy (non-hydrogen) atoms. The lowest BCUT2D eigenvalue weighted by molar-refractivity contribution is -0.136. The molecular weight excluding hydrogens is 289 g/mol. The van der Waals surface area contributed by atoms with E-state index in [4.69, 9.17) is 0 Å². The molecule has 0 bridgehead atoms. The normalized spacial score (nSPS) is 11.3. The molecule has 0 saturated heterocycles. The van der Waals surface area contributed by atoms with Gasteiger partial charge in [-0.1, -0.05) is 5.10 Å². The fraction of sp³-hybridized carbons (Fsp3) is 0.273. The molecule has 0 aliphatic carbocycles. The molecule has 1 aromatic heterocycles. The quantitative estimate of drug-likeness (QED) is 0.898. The Morgan fingerprint density at radius 2 is 2.05 bits per heavy atom. The number of rotatable bonds is 3. The number of aromatic nitrogens is 4. The van der Waals surface area contributed by atoms with Crippen molar-refractivity contribution >= 4 is 17.5 Å². The van der Waals surface area contributed by atoms with Crippen molar-refractivity contribution in [2.75, 3.05) is 17.7 Å². The average molecular weight is 300 g/mol. The topological polar surface area (TPSA) is 84.7 Å². The van der Waals surface area contributed by atoms with Crippen LogP contribution in [0.15, 0.2) is 18.2 Å². The maximum atomic E-state index is 12.9. The fourth-order valence-corrected chi connectivity index (χ4v) is 1.65. The van der Waals surface area contributed by atoms with Gasteiger partial charge >= 0.3 is 6.18 Å². The van der Waals surface area contributed by atoms with Crippen LogP contribution in [0.4, 0.5) is 24.8 Å². The molecule has 0 saturated carbocycles. The lowest BCUT2D eigenvalue weighted by Gasteiger charge is -2.13. The lowest BCUT2D eigenvalue weighted by Crippen LogP contribution is -2.16. The highest BCUT2D eigenvalue weighted by Crippen LogP contribution is 2.35. The minimum Gasteiger partial charge on any atom is -0.388 e. The summed E-state index contributed by atoms with van der Waals surface area (Å²) < 4.78 is 38.7. The summed E-state index contributed by atoms with van der Waals surface area (Å²) in [6.45, 7) is 0. The first kappa shape index (κ1) is 14.8. The minimum absolute atomic E-state index is 0.0891. The van der Waals surface area contributed by atoms with Crippen LogP contribution < -0.4 is 10.6 Å². The van der Waals surface area contributed by atoms with Gasteiger partial charge in [0, 0.05) is 18.3 Å². The average Bonchev–Trinajstić information content (AvgIpc) is 2.82. The van der Waals surface area contributed by atoms with Gasteiger partial charge in [0.1, 0.15) is 0 Å². The Morgan fingerprint density at radius 3 is 2.57 bits per heavy atom. The smallest absolute Gasteiger partial charge is 0.388 e. The van der Waals surface area contributed by atoms with Crippen LogP contribution >= 0.6 is 0 Å². The van der Waals surface area contributed by atoms with Crippen molar-refractivity contribution in [1.82, 2.24) is 20.2 Å². The molecule has 0 unspecified atom stereocenters. The predicted octanol–water partition coefficient (Wildman–Crippen LogP) is 1.52. The molecule has 0 aliphatic rings. The Balaban J connectivity index is 2.29. The minimum atomic E-state index is -4.57. The van der Waals surface area contributed by atoms with Crippen molar-refractivity contribution in [3.8, 4) is 0 Å². The summed E-state index contributed by atoms with van der Waals surface area (Å²) in [7, 11) is 2.86. The molecule has 2 aromatic rings. The summed E-state index contributed by atoms with van der Waals surface area (Å²) in [5.74, 6) is -0.843. The number of amides is 1. The molecule has 0 fully saturated rings. The van der Waals surface area contributed by atoms with Crippen molar-refractivity contribution in [2.24, 2.45) is 7.05 Å². The van der Waals surface area contributed by atoms with Crippen LogP contribution in [0.1, 0.15) is 15.9 Å². The second-order valence-electron chi connectivity index (χ2n) is 4.06. The highest BCUT2D eigenvalue weighted by Gasteiger charge is 2.34. The number of carbonyl (C=O) groups excluding carboxylic acids is 1. The molecule has 1 heterocycles. The maximum Gasteiger partial charge on any atom is 0.418 e. The number of hydrogen-bond donors (Lipinski definition) is 2. The number of alkyl halides is 3. The van der Waals surface area contributed by atoms with E-state index >= 15 is 0 Å². The monoisotopic (exact) mass is 300 g/mol. The van der Waals surface area contributed by atoms with Crippen molar-refractivity contribution in [1.29, 1.82) is 0 Å². The van der Waals surface area contributed by atoms with Gasteiger partial charge in [-0.3, -0.25) is 10.1 Å². The van der Waals surface area contributed by atoms with E-state index in [1.165, 1.54) is 26.2 Å². The molecule has 10 heteroatoms. The third-order valence-electron chi connectivity index (χ3n) is 2.59. The van der Waals surface area contributed by atoms with E-state index in [0.29, 0.717) is 0 Å². The van der Waals surface area contributed by atoms with E-state index in [1.807, 2.05) is 0 Å². The van der Waals surface area contributed by atoms with Crippen molar-refractivity contribution in [3.63, 3.8) is 0 Å². The zero-order valence-corrected chi connectivity index (χ0v) is 11.1. The Hall–Kier alpha value is -2.65. The number of hydrogen-bond acceptors (Lipinski definition) is 5. The Morgan fingerprint density at radius 1 is 1.33 bits per heavy atom. The number of tetrazole rings is 1. The van der Waals surface area contributed by atoms with Crippen molar-refractivity contribution in [2.45, 2.75) is 6.18 Å². The second kappa shape index (κ2) is 5.38. The standard InChI is InChI=1S/C11H11F3N6O/c1-15-8-4-3-6(5-7(8)11(12,13)14)9(21)16-10-17-19-20(2)18-10/h3-5,15H,1-2H3,(H,16,18,21). The number of benzene rings is 1. The number of carbonyl (C=O) groups is 1. The lowest BCUT2D eigenvalue weighted by atomic mass is 10.1.